The Bertz CT molecular complexity index is 3120. The molecular formula is C60H64Ac2O24. The SMILES string of the molecule is C=C1C(=O)OC2C[C@]3(C)OC3C3OC3C3=CC(OC3=O)C12.C=C1C(=O)OC2C[C@]3(C)OC3CC(O)C3=CC(OC3=O)C12.C[C@H]1C(=O)OC2C[C@]3(C)OC3C3OC3C3=CC(OC3=O)C21.C[C@H]1C(=O)OC2C[C@]3(C)OC3CC(O)C3=CC(OC3=O)C21.[Ac].[Ac]. The third-order valence-electron chi connectivity index (χ3n) is 20.9. The normalized spacial score (nSPS) is 51.0. The van der Waals surface area contributed by atoms with Gasteiger partial charge < -0.3 is 76.5 Å². The van der Waals surface area contributed by atoms with Gasteiger partial charge in [0, 0.05) is 150 Å². The largest absolute Gasteiger partial charge is 0.462 e. The molecule has 0 aromatic carbocycles. The molecule has 14 heterocycles. The maximum Gasteiger partial charge on any atom is 0.337 e. The second-order valence-electron chi connectivity index (χ2n) is 26.5. The molecule has 0 aromatic rings. The third kappa shape index (κ3) is 10.2. The quantitative estimate of drug-likeness (QED) is 0.149. The summed E-state index contributed by atoms with van der Waals surface area (Å²) < 4.78 is 77.6. The molecule has 4 aliphatic carbocycles. The van der Waals surface area contributed by atoms with Crippen molar-refractivity contribution in [2.24, 2.45) is 35.5 Å². The van der Waals surface area contributed by atoms with Crippen molar-refractivity contribution in [3.05, 3.63) is 70.9 Å². The van der Waals surface area contributed by atoms with Gasteiger partial charge in [-0.1, -0.05) is 27.0 Å². The first-order valence-corrected chi connectivity index (χ1v) is 29.0. The minimum Gasteiger partial charge on any atom is -0.462 e. The average Bonchev–Trinajstić information content (AvgIpc) is 1.57. The molecule has 28 atom stereocenters. The van der Waals surface area contributed by atoms with Gasteiger partial charge in [-0.3, -0.25) is 9.59 Å². The van der Waals surface area contributed by atoms with Crippen LogP contribution in [0, 0.1) is 124 Å². The van der Waals surface area contributed by atoms with Crippen LogP contribution in [0.25, 0.3) is 0 Å². The van der Waals surface area contributed by atoms with Crippen LogP contribution in [0.3, 0.4) is 0 Å². The Morgan fingerprint density at radius 2 is 0.767 bits per heavy atom. The fraction of sp³-hybridized carbons (Fsp3) is 0.667. The molecular weight excluding hydrogens is 1560 g/mol. The zero-order chi connectivity index (χ0) is 58.9. The summed E-state index contributed by atoms with van der Waals surface area (Å²) in [6.45, 7) is 19.1. The molecule has 2 radical (unpaired) electrons. The Morgan fingerprint density at radius 3 is 1.20 bits per heavy atom. The Morgan fingerprint density at radius 1 is 0.430 bits per heavy atom. The topological polar surface area (TPSA) is 326 Å². The Kier molecular flexibility index (Phi) is 15.2. The van der Waals surface area contributed by atoms with Crippen molar-refractivity contribution in [2.45, 2.75) is 212 Å². The molecule has 10 fully saturated rings. The minimum atomic E-state index is -0.905. The molecule has 0 saturated carbocycles. The van der Waals surface area contributed by atoms with Crippen LogP contribution < -0.4 is 0 Å². The molecule has 26 heteroatoms. The minimum absolute atomic E-state index is 0. The maximum atomic E-state index is 12.1. The first-order valence-electron chi connectivity index (χ1n) is 29.0. The van der Waals surface area contributed by atoms with Crippen LogP contribution in [-0.2, 0) is 105 Å². The van der Waals surface area contributed by atoms with Crippen molar-refractivity contribution < 1.29 is 203 Å². The first-order chi connectivity index (χ1) is 39.7. The van der Waals surface area contributed by atoms with E-state index in [0.717, 1.165) is 0 Å². The number of esters is 8. The predicted octanol–water partition coefficient (Wildman–Crippen LogP) is 1.19. The van der Waals surface area contributed by atoms with Crippen molar-refractivity contribution in [3.8, 4) is 0 Å². The molecule has 18 rings (SSSR count). The number of rotatable bonds is 0. The van der Waals surface area contributed by atoms with Gasteiger partial charge >= 0.3 is 47.8 Å². The molecule has 8 bridgehead atoms. The number of hydrogen-bond acceptors (Lipinski definition) is 24. The van der Waals surface area contributed by atoms with E-state index in [2.05, 4.69) is 13.2 Å². The van der Waals surface area contributed by atoms with Gasteiger partial charge in [0.05, 0.1) is 92.8 Å². The van der Waals surface area contributed by atoms with Gasteiger partial charge in [0.1, 0.15) is 85.5 Å². The number of epoxide rings is 6. The number of fused-ring (bicyclic) bond motifs is 22. The van der Waals surface area contributed by atoms with Gasteiger partial charge in [0.25, 0.3) is 0 Å². The van der Waals surface area contributed by atoms with Gasteiger partial charge in [-0.15, -0.1) is 0 Å². The number of ether oxygens (including phenoxy) is 14. The zero-order valence-electron chi connectivity index (χ0n) is 47.9. The molecule has 2 N–H and O–H groups in total. The van der Waals surface area contributed by atoms with E-state index in [1.807, 2.05) is 40.7 Å². The fourth-order valence-corrected chi connectivity index (χ4v) is 15.6. The summed E-state index contributed by atoms with van der Waals surface area (Å²) in [7, 11) is 0. The second kappa shape index (κ2) is 21.2. The van der Waals surface area contributed by atoms with Crippen molar-refractivity contribution in [2.75, 3.05) is 0 Å². The molecule has 18 aliphatic rings. The second-order valence-corrected chi connectivity index (χ2v) is 26.5. The molecule has 14 aliphatic heterocycles. The molecule has 0 aromatic heterocycles. The summed E-state index contributed by atoms with van der Waals surface area (Å²) in [5, 5.41) is 20.4. The smallest absolute Gasteiger partial charge is 0.337 e. The van der Waals surface area contributed by atoms with Gasteiger partial charge in [-0.2, -0.15) is 0 Å². The van der Waals surface area contributed by atoms with E-state index in [1.165, 1.54) is 0 Å². The Labute approximate surface area is 564 Å². The summed E-state index contributed by atoms with van der Waals surface area (Å²) in [6, 6.07) is 0. The van der Waals surface area contributed by atoms with Crippen molar-refractivity contribution in [3.63, 3.8) is 0 Å². The number of aliphatic hydroxyl groups excluding tert-OH is 2. The Hall–Kier alpha value is -3.24. The summed E-state index contributed by atoms with van der Waals surface area (Å²) in [5.41, 5.74) is 0.794. The monoisotopic (exact) mass is 1620 g/mol. The number of carbonyl (C=O) groups is 8. The van der Waals surface area contributed by atoms with E-state index >= 15 is 0 Å². The van der Waals surface area contributed by atoms with E-state index in [0.29, 0.717) is 60.8 Å². The van der Waals surface area contributed by atoms with E-state index < -0.39 is 83.7 Å². The van der Waals surface area contributed by atoms with Crippen molar-refractivity contribution in [1.29, 1.82) is 0 Å². The molecule has 86 heavy (non-hydrogen) atoms. The first kappa shape index (κ1) is 61.6. The van der Waals surface area contributed by atoms with Crippen LogP contribution in [0.1, 0.15) is 80.1 Å². The summed E-state index contributed by atoms with van der Waals surface area (Å²) >= 11 is 0. The van der Waals surface area contributed by atoms with Crippen LogP contribution in [0.4, 0.5) is 0 Å². The number of aliphatic hydroxyl groups is 2. The van der Waals surface area contributed by atoms with Crippen LogP contribution in [-0.4, -0.2) is 190 Å². The molecule has 0 amide bonds. The molecule has 22 unspecified atom stereocenters. The summed E-state index contributed by atoms with van der Waals surface area (Å²) in [6.07, 6.45) is 3.72. The van der Waals surface area contributed by atoms with Crippen LogP contribution in [0.15, 0.2) is 70.9 Å². The van der Waals surface area contributed by atoms with E-state index in [1.54, 1.807) is 25.2 Å². The van der Waals surface area contributed by atoms with Gasteiger partial charge in [0.15, 0.2) is 0 Å². The zero-order valence-corrected chi connectivity index (χ0v) is 57.3. The van der Waals surface area contributed by atoms with Crippen molar-refractivity contribution >= 4 is 47.8 Å². The molecule has 10 saturated heterocycles. The molecule has 24 nitrogen and oxygen atoms in total. The van der Waals surface area contributed by atoms with E-state index in [4.69, 9.17) is 66.3 Å². The van der Waals surface area contributed by atoms with Gasteiger partial charge in [-0.25, -0.2) is 28.8 Å². The standard InChI is InChI=1S/C15H16O6.C15H14O6.C15H18O6.C15H16O6.2Ac/c2*1-5-9-7-3-6(14(17)18-7)10-11(20-10)12-15(2,21-12)4-8(9)19-13(5)16;2*1-6-12-9-3-7(14(18)19-9)8(16)4-11-15(2,21-11)5-10(12)20-13(6)17;;/h3,5,7-12H,4H2,1-2H3;3,7-12H,1,4H2,2H3;3,6,8-12,16H,4-5H2,1-2H3;3,8-12,16H,1,4-5H2,2H3;;/t5-,7?,8?,9?,10?,11?,12?,15+;7?,8?,9?,10?,11?,12?,15-;6-,8?,9?,10?,11?,12?,15+;8?,9?,10?,11?,12?,15-;;/m1010../s1. The van der Waals surface area contributed by atoms with Crippen molar-refractivity contribution in [1.82, 2.24) is 0 Å². The number of carbonyl (C=O) groups excluding carboxylic acids is 8. The van der Waals surface area contributed by atoms with E-state index in [-0.39, 0.29) is 231 Å². The number of hydrogen-bond donors (Lipinski definition) is 2. The summed E-state index contributed by atoms with van der Waals surface area (Å²) in [5.74, 6) is -4.81. The van der Waals surface area contributed by atoms with Crippen LogP contribution in [0.2, 0.25) is 0 Å². The fourth-order valence-electron chi connectivity index (χ4n) is 15.6. The predicted molar refractivity (Wildman–Crippen MR) is 272 cm³/mol. The van der Waals surface area contributed by atoms with Gasteiger partial charge in [-0.05, 0) is 52.0 Å². The maximum absolute atomic E-state index is 12.1. The molecule has 0 spiro atoms. The van der Waals surface area contributed by atoms with Crippen LogP contribution in [0.5, 0.6) is 0 Å². The van der Waals surface area contributed by atoms with Gasteiger partial charge in [0.2, 0.25) is 0 Å². The van der Waals surface area contributed by atoms with E-state index in [9.17, 15) is 48.6 Å². The summed E-state index contributed by atoms with van der Waals surface area (Å²) in [4.78, 5) is 95.5. The average molecular weight is 1620 g/mol. The third-order valence-corrected chi connectivity index (χ3v) is 20.9. The van der Waals surface area contributed by atoms with Crippen LogP contribution >= 0.6 is 0 Å². The molecule has 454 valence electrons. The Balaban J connectivity index is 0.000000106.